The maximum absolute atomic E-state index is 11.6. The molecule has 0 amide bonds. The Hall–Kier alpha value is -3.02. The van der Waals surface area contributed by atoms with Crippen LogP contribution >= 0.6 is 0 Å². The first-order valence-electron chi connectivity index (χ1n) is 12.8. The summed E-state index contributed by atoms with van der Waals surface area (Å²) in [6.07, 6.45) is 3.91. The predicted molar refractivity (Wildman–Crippen MR) is 140 cm³/mol. The normalized spacial score (nSPS) is 24.4. The lowest BCUT2D eigenvalue weighted by atomic mass is 9.87. The third-order valence-electron chi connectivity index (χ3n) is 7.68. The van der Waals surface area contributed by atoms with Gasteiger partial charge in [0.2, 0.25) is 0 Å². The second-order valence-corrected chi connectivity index (χ2v) is 10.2. The lowest BCUT2D eigenvalue weighted by molar-refractivity contribution is 0.0365. The second-order valence-electron chi connectivity index (χ2n) is 10.2. The van der Waals surface area contributed by atoms with Gasteiger partial charge in [-0.25, -0.2) is 0 Å². The van der Waals surface area contributed by atoms with Crippen LogP contribution in [0.2, 0.25) is 0 Å². The number of hydrogen-bond acceptors (Lipinski definition) is 5. The highest BCUT2D eigenvalue weighted by atomic mass is 16.5. The number of para-hydroxylation sites is 1. The van der Waals surface area contributed by atoms with E-state index in [-0.39, 0.29) is 11.8 Å². The summed E-state index contributed by atoms with van der Waals surface area (Å²) in [7, 11) is 0. The molecule has 0 bridgehead atoms. The highest BCUT2D eigenvalue weighted by Crippen LogP contribution is 2.52. The van der Waals surface area contributed by atoms with Crippen molar-refractivity contribution in [2.24, 2.45) is 0 Å². The van der Waals surface area contributed by atoms with Crippen molar-refractivity contribution in [3.05, 3.63) is 89.5 Å². The molecule has 5 rings (SSSR count). The van der Waals surface area contributed by atoms with Crippen molar-refractivity contribution in [3.8, 4) is 11.5 Å². The molecule has 0 saturated carbocycles. The zero-order valence-corrected chi connectivity index (χ0v) is 20.7. The number of aromatic hydroxyl groups is 1. The Morgan fingerprint density at radius 3 is 2.46 bits per heavy atom. The Morgan fingerprint density at radius 2 is 1.71 bits per heavy atom. The molecule has 0 radical (unpaired) electrons. The maximum atomic E-state index is 11.6. The first-order valence-corrected chi connectivity index (χ1v) is 12.8. The Balaban J connectivity index is 1.30. The Morgan fingerprint density at radius 1 is 0.971 bits per heavy atom. The average molecular weight is 473 g/mol. The van der Waals surface area contributed by atoms with Crippen molar-refractivity contribution in [1.82, 2.24) is 4.90 Å². The number of aliphatic hydroxyl groups is 1. The van der Waals surface area contributed by atoms with Crippen LogP contribution < -0.4 is 9.64 Å². The molecule has 2 heterocycles. The largest absolute Gasteiger partial charge is 0.508 e. The molecule has 3 aromatic carbocycles. The van der Waals surface area contributed by atoms with E-state index in [1.54, 1.807) is 12.1 Å². The molecule has 3 aromatic rings. The molecule has 1 fully saturated rings. The number of likely N-dealkylation sites (tertiary alicyclic amines) is 1. The van der Waals surface area contributed by atoms with E-state index >= 15 is 0 Å². The lowest BCUT2D eigenvalue weighted by Crippen LogP contribution is -2.39. The van der Waals surface area contributed by atoms with Gasteiger partial charge in [-0.05, 0) is 74.7 Å². The summed E-state index contributed by atoms with van der Waals surface area (Å²) in [6.45, 7) is 7.69. The second kappa shape index (κ2) is 9.92. The van der Waals surface area contributed by atoms with Gasteiger partial charge in [0.05, 0.1) is 6.04 Å². The van der Waals surface area contributed by atoms with Gasteiger partial charge >= 0.3 is 0 Å². The zero-order valence-electron chi connectivity index (χ0n) is 20.7. The number of fused-ring (bicyclic) bond motifs is 1. The number of hydrogen-bond donors (Lipinski definition) is 2. The highest BCUT2D eigenvalue weighted by Gasteiger charge is 2.47. The summed E-state index contributed by atoms with van der Waals surface area (Å²) in [6, 6.07) is 23.9. The minimum absolute atomic E-state index is 0.223. The smallest absolute Gasteiger partial charge is 0.119 e. The van der Waals surface area contributed by atoms with Crippen LogP contribution in [0, 0.1) is 0 Å². The maximum Gasteiger partial charge on any atom is 0.119 e. The molecule has 0 aromatic heterocycles. The Labute approximate surface area is 208 Å². The first-order chi connectivity index (χ1) is 16.9. The van der Waals surface area contributed by atoms with Crippen molar-refractivity contribution in [1.29, 1.82) is 0 Å². The van der Waals surface area contributed by atoms with E-state index < -0.39 is 5.60 Å². The lowest BCUT2D eigenvalue weighted by Gasteiger charge is -2.34. The molecule has 5 heteroatoms. The minimum Gasteiger partial charge on any atom is -0.508 e. The summed E-state index contributed by atoms with van der Waals surface area (Å²) < 4.78 is 6.05. The summed E-state index contributed by atoms with van der Waals surface area (Å²) in [5.41, 5.74) is 3.02. The van der Waals surface area contributed by atoms with Gasteiger partial charge in [0.1, 0.15) is 23.7 Å². The van der Waals surface area contributed by atoms with Crippen molar-refractivity contribution >= 4 is 5.69 Å². The number of phenolic OH excluding ortho intramolecular Hbond substituents is 1. The van der Waals surface area contributed by atoms with Crippen molar-refractivity contribution in [3.63, 3.8) is 0 Å². The Bertz CT molecular complexity index is 1130. The number of ether oxygens (including phenoxy) is 1. The molecule has 3 atom stereocenters. The standard InChI is InChI=1S/C30H36N2O3/c1-22-7-5-6-18-31(22)19-20-35-26-16-10-23(11-17-26)21-32-28-9-4-3-8-27(28)30(2,34)29(32)24-12-14-25(33)15-13-24/h3-4,8-17,22,29,33-34H,5-7,18-21H2,1-2H3. The van der Waals surface area contributed by atoms with Crippen LogP contribution in [0.15, 0.2) is 72.8 Å². The quantitative estimate of drug-likeness (QED) is 0.468. The van der Waals surface area contributed by atoms with Gasteiger partial charge in [-0.1, -0.05) is 48.9 Å². The van der Waals surface area contributed by atoms with Gasteiger partial charge in [-0.3, -0.25) is 4.90 Å². The molecule has 2 N–H and O–H groups in total. The molecule has 1 saturated heterocycles. The Kier molecular flexibility index (Phi) is 6.72. The van der Waals surface area contributed by atoms with Gasteiger partial charge in [0.25, 0.3) is 0 Å². The van der Waals surface area contributed by atoms with Crippen molar-refractivity contribution in [2.75, 3.05) is 24.6 Å². The fourth-order valence-electron chi connectivity index (χ4n) is 5.74. The number of benzene rings is 3. The van der Waals surface area contributed by atoms with Gasteiger partial charge in [0.15, 0.2) is 0 Å². The van der Waals surface area contributed by atoms with Gasteiger partial charge in [-0.15, -0.1) is 0 Å². The van der Waals surface area contributed by atoms with Crippen LogP contribution in [0.1, 0.15) is 55.8 Å². The summed E-state index contributed by atoms with van der Waals surface area (Å²) in [5, 5.41) is 21.4. The van der Waals surface area contributed by atoms with E-state index in [9.17, 15) is 10.2 Å². The van der Waals surface area contributed by atoms with Crippen LogP contribution in [0.4, 0.5) is 5.69 Å². The van der Waals surface area contributed by atoms with E-state index in [0.29, 0.717) is 19.2 Å². The molecular weight excluding hydrogens is 436 g/mol. The number of rotatable bonds is 7. The molecule has 5 nitrogen and oxygen atoms in total. The minimum atomic E-state index is -1.05. The van der Waals surface area contributed by atoms with Gasteiger partial charge < -0.3 is 19.8 Å². The third-order valence-corrected chi connectivity index (χ3v) is 7.68. The van der Waals surface area contributed by atoms with Crippen LogP contribution in [0.5, 0.6) is 11.5 Å². The van der Waals surface area contributed by atoms with Gasteiger partial charge in [-0.2, -0.15) is 0 Å². The molecule has 184 valence electrons. The third kappa shape index (κ3) is 4.89. The number of nitrogens with zero attached hydrogens (tertiary/aromatic N) is 2. The fourth-order valence-corrected chi connectivity index (χ4v) is 5.74. The highest BCUT2D eigenvalue weighted by molar-refractivity contribution is 5.65. The summed E-state index contributed by atoms with van der Waals surface area (Å²) >= 11 is 0. The zero-order chi connectivity index (χ0) is 24.4. The van der Waals surface area contributed by atoms with E-state index in [0.717, 1.165) is 34.7 Å². The molecule has 35 heavy (non-hydrogen) atoms. The SMILES string of the molecule is CC1CCCCN1CCOc1ccc(CN2c3ccccc3C(C)(O)C2c2ccc(O)cc2)cc1. The van der Waals surface area contributed by atoms with Crippen LogP contribution in [-0.2, 0) is 12.1 Å². The number of piperidine rings is 1. The topological polar surface area (TPSA) is 56.2 Å². The van der Waals surface area contributed by atoms with E-state index in [1.165, 1.54) is 25.8 Å². The molecule has 2 aliphatic rings. The molecule has 3 unspecified atom stereocenters. The van der Waals surface area contributed by atoms with Crippen LogP contribution in [0.25, 0.3) is 0 Å². The van der Waals surface area contributed by atoms with E-state index in [2.05, 4.69) is 34.9 Å². The molecule has 2 aliphatic heterocycles. The van der Waals surface area contributed by atoms with Gasteiger partial charge in [0, 0.05) is 30.4 Å². The van der Waals surface area contributed by atoms with Crippen LogP contribution in [0.3, 0.4) is 0 Å². The number of anilines is 1. The van der Waals surface area contributed by atoms with E-state index in [1.807, 2.05) is 49.4 Å². The summed E-state index contributed by atoms with van der Waals surface area (Å²) in [4.78, 5) is 4.79. The summed E-state index contributed by atoms with van der Waals surface area (Å²) in [5.74, 6) is 1.11. The fraction of sp³-hybridized carbons (Fsp3) is 0.400. The predicted octanol–water partition coefficient (Wildman–Crippen LogP) is 5.61. The van der Waals surface area contributed by atoms with Crippen LogP contribution in [-0.4, -0.2) is 40.9 Å². The van der Waals surface area contributed by atoms with E-state index in [4.69, 9.17) is 4.74 Å². The first kappa shape index (κ1) is 23.7. The average Bonchev–Trinajstić information content (AvgIpc) is 3.08. The molecule has 0 spiro atoms. The van der Waals surface area contributed by atoms with Crippen molar-refractivity contribution < 1.29 is 14.9 Å². The number of phenols is 1. The monoisotopic (exact) mass is 472 g/mol. The molecular formula is C30H36N2O3. The molecule has 0 aliphatic carbocycles. The van der Waals surface area contributed by atoms with Crippen molar-refractivity contribution in [2.45, 2.75) is 57.3 Å².